The van der Waals surface area contributed by atoms with Gasteiger partial charge in [-0.05, 0) is 25.8 Å². The zero-order valence-corrected chi connectivity index (χ0v) is 11.5. The summed E-state index contributed by atoms with van der Waals surface area (Å²) in [4.78, 5) is 17.6. The molecule has 4 nitrogen and oxygen atoms in total. The summed E-state index contributed by atoms with van der Waals surface area (Å²) in [6.45, 7) is 3.62. The highest BCUT2D eigenvalue weighted by Gasteiger charge is 2.24. The molecule has 2 rings (SSSR count). The van der Waals surface area contributed by atoms with E-state index in [9.17, 15) is 9.18 Å². The normalized spacial score (nSPS) is 18.6. The molecule has 0 aliphatic carbocycles. The van der Waals surface area contributed by atoms with Gasteiger partial charge in [-0.1, -0.05) is 11.6 Å². The summed E-state index contributed by atoms with van der Waals surface area (Å²) < 4.78 is 18.7. The van der Waals surface area contributed by atoms with Gasteiger partial charge in [0.05, 0.1) is 17.9 Å². The Labute approximate surface area is 116 Å². The molecule has 1 aromatic heterocycles. The Hall–Kier alpha value is -1.20. The van der Waals surface area contributed by atoms with Gasteiger partial charge in [0.25, 0.3) is 5.91 Å². The summed E-state index contributed by atoms with van der Waals surface area (Å²) in [5.41, 5.74) is 0.0986. The van der Waals surface area contributed by atoms with E-state index in [4.69, 9.17) is 16.3 Å². The highest BCUT2D eigenvalue weighted by Crippen LogP contribution is 2.18. The first-order valence-electron chi connectivity index (χ1n) is 6.33. The summed E-state index contributed by atoms with van der Waals surface area (Å²) in [5.74, 6) is -0.879. The lowest BCUT2D eigenvalue weighted by atomic mass is 10.2. The van der Waals surface area contributed by atoms with E-state index in [1.807, 2.05) is 6.92 Å². The molecule has 1 atom stereocenters. The lowest BCUT2D eigenvalue weighted by Gasteiger charge is -2.24. The number of halogens is 2. The summed E-state index contributed by atoms with van der Waals surface area (Å²) in [5, 5.41) is 0.0252. The van der Waals surface area contributed by atoms with Gasteiger partial charge in [0, 0.05) is 19.7 Å². The molecule has 0 bridgehead atoms. The molecule has 0 spiro atoms. The quantitative estimate of drug-likeness (QED) is 0.799. The molecule has 0 radical (unpaired) electrons. The SMILES string of the molecule is CCN(CC1CCCO1)C(=O)c1cc(F)cnc1Cl. The van der Waals surface area contributed by atoms with Gasteiger partial charge >= 0.3 is 0 Å². The van der Waals surface area contributed by atoms with Crippen molar-refractivity contribution in [3.05, 3.63) is 28.8 Å². The molecule has 1 aromatic rings. The number of hydrogen-bond acceptors (Lipinski definition) is 3. The Bertz CT molecular complexity index is 464. The summed E-state index contributed by atoms with van der Waals surface area (Å²) in [7, 11) is 0. The van der Waals surface area contributed by atoms with E-state index in [1.165, 1.54) is 0 Å². The first-order chi connectivity index (χ1) is 9.11. The van der Waals surface area contributed by atoms with Gasteiger partial charge in [-0.15, -0.1) is 0 Å². The molecule has 1 amide bonds. The van der Waals surface area contributed by atoms with Crippen LogP contribution in [-0.4, -0.2) is 41.6 Å². The van der Waals surface area contributed by atoms with Gasteiger partial charge in [0.2, 0.25) is 0 Å². The molecule has 104 valence electrons. The van der Waals surface area contributed by atoms with Crippen LogP contribution in [0.1, 0.15) is 30.1 Å². The van der Waals surface area contributed by atoms with E-state index in [-0.39, 0.29) is 22.7 Å². The van der Waals surface area contributed by atoms with E-state index in [2.05, 4.69) is 4.98 Å². The summed E-state index contributed by atoms with van der Waals surface area (Å²) in [6, 6.07) is 1.12. The minimum absolute atomic E-state index is 0.0252. The number of hydrogen-bond donors (Lipinski definition) is 0. The molecule has 0 N–H and O–H groups in total. The standard InChI is InChI=1S/C13H16ClFN2O2/c1-2-17(8-10-4-3-5-19-10)13(18)11-6-9(15)7-16-12(11)14/h6-7,10H,2-5,8H2,1H3. The third-order valence-electron chi connectivity index (χ3n) is 3.15. The van der Waals surface area contributed by atoms with Crippen molar-refractivity contribution in [1.29, 1.82) is 0 Å². The fourth-order valence-electron chi connectivity index (χ4n) is 2.13. The van der Waals surface area contributed by atoms with Crippen LogP contribution in [0.25, 0.3) is 0 Å². The van der Waals surface area contributed by atoms with E-state index < -0.39 is 5.82 Å². The van der Waals surface area contributed by atoms with Crippen LogP contribution in [0.2, 0.25) is 5.15 Å². The van der Waals surface area contributed by atoms with Crippen molar-refractivity contribution in [3.8, 4) is 0 Å². The van der Waals surface area contributed by atoms with E-state index in [0.717, 1.165) is 31.7 Å². The Kier molecular flexibility index (Phi) is 4.71. The van der Waals surface area contributed by atoms with Gasteiger partial charge in [0.15, 0.2) is 0 Å². The van der Waals surface area contributed by atoms with Crippen molar-refractivity contribution in [2.24, 2.45) is 0 Å². The monoisotopic (exact) mass is 286 g/mol. The highest BCUT2D eigenvalue weighted by molar-refractivity contribution is 6.32. The van der Waals surface area contributed by atoms with E-state index in [0.29, 0.717) is 13.1 Å². The molecular formula is C13H16ClFN2O2. The third kappa shape index (κ3) is 3.42. The Morgan fingerprint density at radius 2 is 2.47 bits per heavy atom. The fourth-order valence-corrected chi connectivity index (χ4v) is 2.32. The van der Waals surface area contributed by atoms with Gasteiger partial charge in [-0.2, -0.15) is 0 Å². The van der Waals surface area contributed by atoms with Crippen LogP contribution >= 0.6 is 11.6 Å². The molecule has 1 saturated heterocycles. The number of rotatable bonds is 4. The van der Waals surface area contributed by atoms with Crippen LogP contribution in [0.5, 0.6) is 0 Å². The van der Waals surface area contributed by atoms with Crippen LogP contribution in [0.4, 0.5) is 4.39 Å². The second-order valence-corrected chi connectivity index (χ2v) is 4.83. The Morgan fingerprint density at radius 3 is 3.11 bits per heavy atom. The highest BCUT2D eigenvalue weighted by atomic mass is 35.5. The molecule has 1 aliphatic heterocycles. The number of pyridine rings is 1. The van der Waals surface area contributed by atoms with Crippen molar-refractivity contribution in [2.75, 3.05) is 19.7 Å². The van der Waals surface area contributed by atoms with Gasteiger partial charge in [0.1, 0.15) is 11.0 Å². The van der Waals surface area contributed by atoms with E-state index >= 15 is 0 Å². The topological polar surface area (TPSA) is 42.4 Å². The van der Waals surface area contributed by atoms with E-state index in [1.54, 1.807) is 4.90 Å². The second-order valence-electron chi connectivity index (χ2n) is 4.47. The third-order valence-corrected chi connectivity index (χ3v) is 3.45. The van der Waals surface area contributed by atoms with Gasteiger partial charge in [-0.25, -0.2) is 9.37 Å². The average Bonchev–Trinajstić information content (AvgIpc) is 2.91. The summed E-state index contributed by atoms with van der Waals surface area (Å²) >= 11 is 5.85. The summed E-state index contributed by atoms with van der Waals surface area (Å²) in [6.07, 6.45) is 3.01. The smallest absolute Gasteiger partial charge is 0.257 e. The maximum absolute atomic E-state index is 13.2. The average molecular weight is 287 g/mol. The van der Waals surface area contributed by atoms with Gasteiger partial charge in [-0.3, -0.25) is 4.79 Å². The lowest BCUT2D eigenvalue weighted by Crippen LogP contribution is -2.37. The van der Waals surface area contributed by atoms with Crippen LogP contribution in [-0.2, 0) is 4.74 Å². The molecular weight excluding hydrogens is 271 g/mol. The minimum atomic E-state index is -0.569. The molecule has 19 heavy (non-hydrogen) atoms. The molecule has 2 heterocycles. The van der Waals surface area contributed by atoms with Gasteiger partial charge < -0.3 is 9.64 Å². The molecule has 6 heteroatoms. The minimum Gasteiger partial charge on any atom is -0.376 e. The number of carbonyl (C=O) groups is 1. The zero-order valence-electron chi connectivity index (χ0n) is 10.7. The predicted octanol–water partition coefficient (Wildman–Crippen LogP) is 2.52. The second kappa shape index (κ2) is 6.30. The van der Waals surface area contributed by atoms with Crippen molar-refractivity contribution in [1.82, 2.24) is 9.88 Å². The predicted molar refractivity (Wildman–Crippen MR) is 69.8 cm³/mol. The number of carbonyl (C=O) groups excluding carboxylic acids is 1. The maximum Gasteiger partial charge on any atom is 0.257 e. The Balaban J connectivity index is 2.12. The number of ether oxygens (including phenoxy) is 1. The van der Waals surface area contributed by atoms with Crippen molar-refractivity contribution in [3.63, 3.8) is 0 Å². The van der Waals surface area contributed by atoms with Crippen LogP contribution in [0, 0.1) is 5.82 Å². The fraction of sp³-hybridized carbons (Fsp3) is 0.538. The Morgan fingerprint density at radius 1 is 1.68 bits per heavy atom. The molecule has 1 fully saturated rings. The maximum atomic E-state index is 13.2. The number of amides is 1. The molecule has 1 aliphatic rings. The van der Waals surface area contributed by atoms with Crippen molar-refractivity contribution in [2.45, 2.75) is 25.9 Å². The lowest BCUT2D eigenvalue weighted by molar-refractivity contribution is 0.0538. The number of nitrogens with zero attached hydrogens (tertiary/aromatic N) is 2. The van der Waals surface area contributed by atoms with Crippen molar-refractivity contribution >= 4 is 17.5 Å². The zero-order chi connectivity index (χ0) is 13.8. The largest absolute Gasteiger partial charge is 0.376 e. The molecule has 0 saturated carbocycles. The molecule has 0 aromatic carbocycles. The molecule has 1 unspecified atom stereocenters. The number of likely N-dealkylation sites (N-methyl/N-ethyl adjacent to an activating group) is 1. The van der Waals surface area contributed by atoms with Crippen molar-refractivity contribution < 1.29 is 13.9 Å². The van der Waals surface area contributed by atoms with Crippen LogP contribution in [0.15, 0.2) is 12.3 Å². The van der Waals surface area contributed by atoms with Crippen LogP contribution in [0.3, 0.4) is 0 Å². The number of aromatic nitrogens is 1. The van der Waals surface area contributed by atoms with Crippen LogP contribution < -0.4 is 0 Å². The first-order valence-corrected chi connectivity index (χ1v) is 6.71. The first kappa shape index (κ1) is 14.2.